The average Bonchev–Trinajstić information content (AvgIpc) is 2.04. The Hall–Kier alpha value is -0.810. The first-order chi connectivity index (χ1) is 6.15. The predicted molar refractivity (Wildman–Crippen MR) is 46.7 cm³/mol. The molecule has 1 aliphatic heterocycles. The molecule has 0 aromatic rings. The van der Waals surface area contributed by atoms with Gasteiger partial charge < -0.3 is 15.2 Å². The first-order valence-corrected chi connectivity index (χ1v) is 4.51. The fraction of sp³-hybridized carbons (Fsp3) is 0.875. The Balaban J connectivity index is 2.55. The maximum absolute atomic E-state index is 10.8. The third kappa shape index (κ3) is 2.57. The lowest BCUT2D eigenvalue weighted by Crippen LogP contribution is -2.49. The van der Waals surface area contributed by atoms with Crippen molar-refractivity contribution in [3.63, 3.8) is 0 Å². The van der Waals surface area contributed by atoms with Crippen molar-refractivity contribution in [2.45, 2.75) is 25.8 Å². The van der Waals surface area contributed by atoms with Crippen LogP contribution in [0.3, 0.4) is 0 Å². The van der Waals surface area contributed by atoms with Gasteiger partial charge in [-0.15, -0.1) is 0 Å². The molecule has 0 aromatic carbocycles. The average molecular weight is 188 g/mol. The number of carbonyl (C=O) groups is 1. The van der Waals surface area contributed by atoms with Crippen LogP contribution in [-0.2, 0) is 0 Å². The van der Waals surface area contributed by atoms with E-state index in [1.54, 1.807) is 0 Å². The van der Waals surface area contributed by atoms with Crippen molar-refractivity contribution in [1.82, 2.24) is 10.4 Å². The lowest BCUT2D eigenvalue weighted by atomic mass is 9.93. The van der Waals surface area contributed by atoms with Crippen LogP contribution in [0.5, 0.6) is 0 Å². The Kier molecular flexibility index (Phi) is 3.50. The zero-order valence-electron chi connectivity index (χ0n) is 7.73. The van der Waals surface area contributed by atoms with Crippen molar-refractivity contribution in [3.05, 3.63) is 0 Å². The zero-order valence-corrected chi connectivity index (χ0v) is 7.73. The van der Waals surface area contributed by atoms with Gasteiger partial charge in [0.1, 0.15) is 0 Å². The number of hydroxylamine groups is 1. The van der Waals surface area contributed by atoms with Crippen LogP contribution in [0, 0.1) is 5.92 Å². The maximum Gasteiger partial charge on any atom is 0.407 e. The molecule has 0 radical (unpaired) electrons. The lowest BCUT2D eigenvalue weighted by Gasteiger charge is -2.36. The Bertz CT molecular complexity index is 186. The predicted octanol–water partition coefficient (Wildman–Crippen LogP) is 0.744. The number of nitrogens with one attached hydrogen (secondary N) is 1. The standard InChI is InChI=1S/C8H16N2O3/c1-6-2-3-10(8(11)12)7(4-6)5-9-13/h6-7,9,13H,2-5H2,1H3,(H,11,12)/t6?,7-/m1/s1. The van der Waals surface area contributed by atoms with E-state index >= 15 is 0 Å². The van der Waals surface area contributed by atoms with Gasteiger partial charge in [0.15, 0.2) is 0 Å². The van der Waals surface area contributed by atoms with Crippen molar-refractivity contribution >= 4 is 6.09 Å². The number of hydrogen-bond acceptors (Lipinski definition) is 3. The van der Waals surface area contributed by atoms with Gasteiger partial charge in [-0.3, -0.25) is 0 Å². The van der Waals surface area contributed by atoms with Crippen molar-refractivity contribution in [2.75, 3.05) is 13.1 Å². The van der Waals surface area contributed by atoms with Crippen molar-refractivity contribution in [2.24, 2.45) is 5.92 Å². The number of nitrogens with zero attached hydrogens (tertiary/aromatic N) is 1. The summed E-state index contributed by atoms with van der Waals surface area (Å²) < 4.78 is 0. The van der Waals surface area contributed by atoms with Gasteiger partial charge >= 0.3 is 6.09 Å². The van der Waals surface area contributed by atoms with Gasteiger partial charge in [-0.1, -0.05) is 6.92 Å². The summed E-state index contributed by atoms with van der Waals surface area (Å²) in [5.74, 6) is 0.536. The summed E-state index contributed by atoms with van der Waals surface area (Å²) in [7, 11) is 0. The lowest BCUT2D eigenvalue weighted by molar-refractivity contribution is 0.0673. The van der Waals surface area contributed by atoms with Gasteiger partial charge in [-0.05, 0) is 18.8 Å². The fourth-order valence-electron chi connectivity index (χ4n) is 1.80. The smallest absolute Gasteiger partial charge is 0.407 e. The minimum absolute atomic E-state index is 0.0914. The molecule has 0 saturated carbocycles. The van der Waals surface area contributed by atoms with Gasteiger partial charge in [0.05, 0.1) is 6.04 Å². The second-order valence-corrected chi connectivity index (χ2v) is 3.62. The second kappa shape index (κ2) is 4.43. The van der Waals surface area contributed by atoms with Crippen LogP contribution in [0.1, 0.15) is 19.8 Å². The molecule has 5 heteroatoms. The van der Waals surface area contributed by atoms with Crippen molar-refractivity contribution in [1.29, 1.82) is 0 Å². The van der Waals surface area contributed by atoms with E-state index in [0.29, 0.717) is 19.0 Å². The highest BCUT2D eigenvalue weighted by atomic mass is 16.5. The molecule has 76 valence electrons. The third-order valence-corrected chi connectivity index (χ3v) is 2.55. The minimum atomic E-state index is -0.896. The van der Waals surface area contributed by atoms with E-state index in [0.717, 1.165) is 12.8 Å². The molecule has 1 unspecified atom stereocenters. The summed E-state index contributed by atoms with van der Waals surface area (Å²) in [4.78, 5) is 12.2. The molecule has 1 saturated heterocycles. The van der Waals surface area contributed by atoms with Crippen LogP contribution < -0.4 is 5.48 Å². The molecule has 5 nitrogen and oxygen atoms in total. The van der Waals surface area contributed by atoms with Crippen molar-refractivity contribution in [3.8, 4) is 0 Å². The van der Waals surface area contributed by atoms with Crippen LogP contribution in [0.15, 0.2) is 0 Å². The molecule has 0 bridgehead atoms. The molecule has 1 amide bonds. The first-order valence-electron chi connectivity index (χ1n) is 4.51. The molecular weight excluding hydrogens is 172 g/mol. The monoisotopic (exact) mass is 188 g/mol. The Morgan fingerprint density at radius 3 is 2.92 bits per heavy atom. The second-order valence-electron chi connectivity index (χ2n) is 3.62. The largest absolute Gasteiger partial charge is 0.465 e. The molecule has 1 rings (SSSR count). The number of amides is 1. The maximum atomic E-state index is 10.8. The van der Waals surface area contributed by atoms with E-state index in [2.05, 4.69) is 6.92 Å². The van der Waals surface area contributed by atoms with E-state index in [9.17, 15) is 4.79 Å². The van der Waals surface area contributed by atoms with E-state index in [1.165, 1.54) is 4.90 Å². The molecular formula is C8H16N2O3. The van der Waals surface area contributed by atoms with Crippen LogP contribution >= 0.6 is 0 Å². The normalized spacial score (nSPS) is 28.9. The number of carboxylic acid groups (broad SMARTS) is 1. The number of likely N-dealkylation sites (tertiary alicyclic amines) is 1. The molecule has 0 aliphatic carbocycles. The zero-order chi connectivity index (χ0) is 9.84. The Morgan fingerprint density at radius 2 is 2.38 bits per heavy atom. The molecule has 0 aromatic heterocycles. The van der Waals surface area contributed by atoms with E-state index in [-0.39, 0.29) is 6.04 Å². The van der Waals surface area contributed by atoms with Gasteiger partial charge in [-0.25, -0.2) is 10.3 Å². The number of piperidine rings is 1. The van der Waals surface area contributed by atoms with E-state index in [1.807, 2.05) is 5.48 Å². The van der Waals surface area contributed by atoms with E-state index in [4.69, 9.17) is 10.3 Å². The van der Waals surface area contributed by atoms with Crippen LogP contribution in [0.2, 0.25) is 0 Å². The Labute approximate surface area is 77.3 Å². The molecule has 1 fully saturated rings. The van der Waals surface area contributed by atoms with Crippen LogP contribution in [0.4, 0.5) is 4.79 Å². The summed E-state index contributed by atoms with van der Waals surface area (Å²) in [5.41, 5.74) is 2.04. The minimum Gasteiger partial charge on any atom is -0.465 e. The molecule has 2 atom stereocenters. The fourth-order valence-corrected chi connectivity index (χ4v) is 1.80. The summed E-state index contributed by atoms with van der Waals surface area (Å²) in [6.07, 6.45) is 0.834. The Morgan fingerprint density at radius 1 is 1.69 bits per heavy atom. The summed E-state index contributed by atoms with van der Waals surface area (Å²) in [6.45, 7) is 2.99. The quantitative estimate of drug-likeness (QED) is 0.559. The summed E-state index contributed by atoms with van der Waals surface area (Å²) in [6, 6.07) is -0.0914. The highest BCUT2D eigenvalue weighted by Gasteiger charge is 2.29. The summed E-state index contributed by atoms with van der Waals surface area (Å²) in [5, 5.41) is 17.4. The first kappa shape index (κ1) is 10.3. The number of hydrogen-bond donors (Lipinski definition) is 3. The molecule has 1 heterocycles. The number of rotatable bonds is 2. The molecule has 1 aliphatic rings. The summed E-state index contributed by atoms with van der Waals surface area (Å²) >= 11 is 0. The van der Waals surface area contributed by atoms with E-state index < -0.39 is 6.09 Å². The topological polar surface area (TPSA) is 72.8 Å². The van der Waals surface area contributed by atoms with Crippen molar-refractivity contribution < 1.29 is 15.1 Å². The highest BCUT2D eigenvalue weighted by molar-refractivity contribution is 5.65. The molecule has 13 heavy (non-hydrogen) atoms. The van der Waals surface area contributed by atoms with Gasteiger partial charge in [-0.2, -0.15) is 0 Å². The van der Waals surface area contributed by atoms with Gasteiger partial charge in [0.25, 0.3) is 0 Å². The van der Waals surface area contributed by atoms with Crippen LogP contribution in [0.25, 0.3) is 0 Å². The molecule has 0 spiro atoms. The SMILES string of the molecule is CC1CCN(C(=O)O)[C@@H](CNO)C1. The molecule has 3 N–H and O–H groups in total. The van der Waals surface area contributed by atoms with Gasteiger partial charge in [0.2, 0.25) is 0 Å². The highest BCUT2D eigenvalue weighted by Crippen LogP contribution is 2.21. The van der Waals surface area contributed by atoms with Crippen LogP contribution in [-0.4, -0.2) is 40.4 Å². The third-order valence-electron chi connectivity index (χ3n) is 2.55. The van der Waals surface area contributed by atoms with Gasteiger partial charge in [0, 0.05) is 13.1 Å².